The van der Waals surface area contributed by atoms with Crippen LogP contribution in [0.2, 0.25) is 0 Å². The molecule has 4 aromatic rings. The van der Waals surface area contributed by atoms with Crippen LogP contribution in [0.25, 0.3) is 16.8 Å². The molecule has 0 bridgehead atoms. The van der Waals surface area contributed by atoms with Gasteiger partial charge in [0.2, 0.25) is 5.88 Å². The molecule has 1 aromatic carbocycles. The fraction of sp³-hybridized carbons (Fsp3) is 0.273. The van der Waals surface area contributed by atoms with Crippen LogP contribution < -0.4 is 19.9 Å². The van der Waals surface area contributed by atoms with Crippen LogP contribution >= 0.6 is 0 Å². The normalized spacial score (nSPS) is 11.7. The number of hydrogen-bond donors (Lipinski definition) is 0. The summed E-state index contributed by atoms with van der Waals surface area (Å²) in [5.74, 6) is 0.0584. The van der Waals surface area contributed by atoms with Gasteiger partial charge in [0.1, 0.15) is 12.4 Å². The molecule has 34 heavy (non-hydrogen) atoms. The Labute approximate surface area is 191 Å². The second kappa shape index (κ2) is 9.41. The topological polar surface area (TPSA) is 92.8 Å². The highest BCUT2D eigenvalue weighted by molar-refractivity contribution is 5.65. The molecule has 0 saturated heterocycles. The Bertz CT molecular complexity index is 1330. The van der Waals surface area contributed by atoms with Gasteiger partial charge in [-0.25, -0.2) is 18.9 Å². The van der Waals surface area contributed by atoms with Gasteiger partial charge >= 0.3 is 18.1 Å². The zero-order valence-corrected chi connectivity index (χ0v) is 18.2. The van der Waals surface area contributed by atoms with Crippen LogP contribution in [-0.2, 0) is 6.54 Å². The summed E-state index contributed by atoms with van der Waals surface area (Å²) in [6.07, 6.45) is -1.73. The van der Waals surface area contributed by atoms with Gasteiger partial charge in [0.15, 0.2) is 5.65 Å². The van der Waals surface area contributed by atoms with Crippen LogP contribution in [-0.4, -0.2) is 43.2 Å². The second-order valence-corrected chi connectivity index (χ2v) is 7.42. The third-order valence-electron chi connectivity index (χ3n) is 4.50. The maximum atomic E-state index is 12.8. The molecule has 3 heterocycles. The second-order valence-electron chi connectivity index (χ2n) is 7.42. The largest absolute Gasteiger partial charge is 0.573 e. The van der Waals surface area contributed by atoms with Gasteiger partial charge in [-0.2, -0.15) is 4.98 Å². The Morgan fingerprint density at radius 1 is 1.03 bits per heavy atom. The van der Waals surface area contributed by atoms with Crippen LogP contribution in [0, 0.1) is 0 Å². The summed E-state index contributed by atoms with van der Waals surface area (Å²) in [5, 5.41) is 4.27. The van der Waals surface area contributed by atoms with E-state index in [1.807, 2.05) is 13.8 Å². The van der Waals surface area contributed by atoms with E-state index in [9.17, 15) is 18.0 Å². The standard InChI is InChI=1S/C22H20F3N5O4/c1-14(2)33-19-9-10-26-20(27-19)32-12-11-30-21(31)29-13-16(5-8-18(29)28-30)15-3-6-17(7-4-15)34-22(23,24)25/h3-10,13-14H,11-12H2,1-2H3. The van der Waals surface area contributed by atoms with Crippen molar-refractivity contribution >= 4 is 5.65 Å². The number of alkyl halides is 3. The van der Waals surface area contributed by atoms with E-state index in [-0.39, 0.29) is 31.0 Å². The number of aromatic nitrogens is 5. The first-order chi connectivity index (χ1) is 16.2. The summed E-state index contributed by atoms with van der Waals surface area (Å²) in [7, 11) is 0. The SMILES string of the molecule is CC(C)Oc1ccnc(OCCn2nc3ccc(-c4ccc(OC(F)(F)F)cc4)cn3c2=O)n1. The third-order valence-corrected chi connectivity index (χ3v) is 4.50. The van der Waals surface area contributed by atoms with E-state index in [0.29, 0.717) is 22.7 Å². The van der Waals surface area contributed by atoms with Crippen molar-refractivity contribution in [2.45, 2.75) is 32.9 Å². The predicted octanol–water partition coefficient (Wildman–Crippen LogP) is 3.72. The first-order valence-corrected chi connectivity index (χ1v) is 10.3. The number of rotatable bonds is 8. The van der Waals surface area contributed by atoms with Crippen molar-refractivity contribution < 1.29 is 27.4 Å². The molecule has 178 valence electrons. The summed E-state index contributed by atoms with van der Waals surface area (Å²) in [4.78, 5) is 20.9. The molecule has 0 radical (unpaired) electrons. The van der Waals surface area contributed by atoms with E-state index in [1.54, 1.807) is 24.4 Å². The van der Waals surface area contributed by atoms with Gasteiger partial charge in [-0.3, -0.25) is 0 Å². The lowest BCUT2D eigenvalue weighted by Gasteiger charge is -2.09. The Balaban J connectivity index is 1.46. The fourth-order valence-corrected chi connectivity index (χ4v) is 3.11. The van der Waals surface area contributed by atoms with E-state index in [1.165, 1.54) is 39.5 Å². The van der Waals surface area contributed by atoms with Crippen molar-refractivity contribution in [2.75, 3.05) is 6.61 Å². The molecule has 0 aliphatic rings. The van der Waals surface area contributed by atoms with Crippen molar-refractivity contribution in [2.24, 2.45) is 0 Å². The van der Waals surface area contributed by atoms with Crippen molar-refractivity contribution in [1.82, 2.24) is 24.1 Å². The van der Waals surface area contributed by atoms with Crippen LogP contribution in [0.15, 0.2) is 59.7 Å². The molecular weight excluding hydrogens is 455 g/mol. The number of fused-ring (bicyclic) bond motifs is 1. The zero-order valence-electron chi connectivity index (χ0n) is 18.2. The number of nitrogens with zero attached hydrogens (tertiary/aromatic N) is 5. The molecule has 0 fully saturated rings. The van der Waals surface area contributed by atoms with Crippen molar-refractivity contribution in [1.29, 1.82) is 0 Å². The quantitative estimate of drug-likeness (QED) is 0.384. The summed E-state index contributed by atoms with van der Waals surface area (Å²) < 4.78 is 54.5. The minimum absolute atomic E-state index is 0.0460. The lowest BCUT2D eigenvalue weighted by Crippen LogP contribution is -2.24. The van der Waals surface area contributed by atoms with Gasteiger partial charge in [-0.05, 0) is 49.2 Å². The molecule has 0 unspecified atom stereocenters. The molecule has 0 spiro atoms. The number of halogens is 3. The first kappa shape index (κ1) is 23.1. The average molecular weight is 475 g/mol. The highest BCUT2D eigenvalue weighted by Gasteiger charge is 2.31. The van der Waals surface area contributed by atoms with Crippen LogP contribution in [0.1, 0.15) is 13.8 Å². The number of pyridine rings is 1. The number of ether oxygens (including phenoxy) is 3. The molecule has 0 N–H and O–H groups in total. The number of hydrogen-bond acceptors (Lipinski definition) is 7. The van der Waals surface area contributed by atoms with Gasteiger partial charge in [0.05, 0.1) is 12.6 Å². The van der Waals surface area contributed by atoms with Crippen LogP contribution in [0.5, 0.6) is 17.6 Å². The Kier molecular flexibility index (Phi) is 6.39. The Morgan fingerprint density at radius 2 is 1.76 bits per heavy atom. The molecule has 0 saturated carbocycles. The minimum Gasteiger partial charge on any atom is -0.475 e. The molecule has 0 aliphatic heterocycles. The van der Waals surface area contributed by atoms with E-state index >= 15 is 0 Å². The van der Waals surface area contributed by atoms with Gasteiger partial charge in [-0.15, -0.1) is 18.3 Å². The smallest absolute Gasteiger partial charge is 0.475 e. The molecular formula is C22H20F3N5O4. The molecule has 12 heteroatoms. The number of benzene rings is 1. The lowest BCUT2D eigenvalue weighted by molar-refractivity contribution is -0.274. The molecule has 0 amide bonds. The van der Waals surface area contributed by atoms with Gasteiger partial charge in [0.25, 0.3) is 0 Å². The van der Waals surface area contributed by atoms with Gasteiger partial charge in [-0.1, -0.05) is 12.1 Å². The van der Waals surface area contributed by atoms with E-state index in [4.69, 9.17) is 9.47 Å². The maximum Gasteiger partial charge on any atom is 0.573 e. The highest BCUT2D eigenvalue weighted by Crippen LogP contribution is 2.26. The Morgan fingerprint density at radius 3 is 2.47 bits per heavy atom. The zero-order chi connectivity index (χ0) is 24.3. The molecule has 0 aliphatic carbocycles. The summed E-state index contributed by atoms with van der Waals surface area (Å²) in [6.45, 7) is 4.00. The minimum atomic E-state index is -4.76. The van der Waals surface area contributed by atoms with Crippen LogP contribution in [0.4, 0.5) is 13.2 Å². The van der Waals surface area contributed by atoms with Crippen molar-refractivity contribution in [3.63, 3.8) is 0 Å². The molecule has 0 atom stereocenters. The summed E-state index contributed by atoms with van der Waals surface area (Å²) >= 11 is 0. The molecule has 4 rings (SSSR count). The summed E-state index contributed by atoms with van der Waals surface area (Å²) in [6, 6.07) is 10.5. The van der Waals surface area contributed by atoms with Crippen LogP contribution in [0.3, 0.4) is 0 Å². The van der Waals surface area contributed by atoms with Crippen molar-refractivity contribution in [3.8, 4) is 28.8 Å². The van der Waals surface area contributed by atoms with E-state index < -0.39 is 12.1 Å². The van der Waals surface area contributed by atoms with Gasteiger partial charge < -0.3 is 14.2 Å². The first-order valence-electron chi connectivity index (χ1n) is 10.3. The van der Waals surface area contributed by atoms with E-state index in [2.05, 4.69) is 19.8 Å². The van der Waals surface area contributed by atoms with Gasteiger partial charge in [0, 0.05) is 18.5 Å². The average Bonchev–Trinajstić information content (AvgIpc) is 3.08. The summed E-state index contributed by atoms with van der Waals surface area (Å²) in [5.41, 5.74) is 1.25. The van der Waals surface area contributed by atoms with Crippen molar-refractivity contribution in [3.05, 3.63) is 65.3 Å². The predicted molar refractivity (Wildman–Crippen MR) is 115 cm³/mol. The highest BCUT2D eigenvalue weighted by atomic mass is 19.4. The fourth-order valence-electron chi connectivity index (χ4n) is 3.11. The maximum absolute atomic E-state index is 12.8. The molecule has 3 aromatic heterocycles. The molecule has 9 nitrogen and oxygen atoms in total. The third kappa shape index (κ3) is 5.63. The van der Waals surface area contributed by atoms with E-state index in [0.717, 1.165) is 0 Å². The lowest BCUT2D eigenvalue weighted by atomic mass is 10.1. The monoisotopic (exact) mass is 475 g/mol. The Hall–Kier alpha value is -4.09.